The summed E-state index contributed by atoms with van der Waals surface area (Å²) in [6.07, 6.45) is -0.447. The van der Waals surface area contributed by atoms with Gasteiger partial charge in [0.15, 0.2) is 0 Å². The Balaban J connectivity index is 1.86. The lowest BCUT2D eigenvalue weighted by Gasteiger charge is -2.27. The highest BCUT2D eigenvalue weighted by Crippen LogP contribution is 2.37. The smallest absolute Gasteiger partial charge is 0.411 e. The van der Waals surface area contributed by atoms with Gasteiger partial charge in [-0.1, -0.05) is 60.7 Å². The van der Waals surface area contributed by atoms with Crippen LogP contribution in [0.15, 0.2) is 60.7 Å². The lowest BCUT2D eigenvalue weighted by Crippen LogP contribution is -2.34. The van der Waals surface area contributed by atoms with Crippen molar-refractivity contribution in [3.8, 4) is 0 Å². The summed E-state index contributed by atoms with van der Waals surface area (Å²) >= 11 is 0. The lowest BCUT2D eigenvalue weighted by molar-refractivity contribution is 0.128. The Kier molecular flexibility index (Phi) is 3.65. The van der Waals surface area contributed by atoms with Crippen LogP contribution in [0.5, 0.6) is 0 Å². The van der Waals surface area contributed by atoms with Crippen molar-refractivity contribution in [2.45, 2.75) is 32.0 Å². The molecule has 3 rings (SSSR count). The first-order valence-corrected chi connectivity index (χ1v) is 7.27. The number of ether oxygens (including phenoxy) is 1. The molecule has 1 saturated heterocycles. The van der Waals surface area contributed by atoms with E-state index in [-0.39, 0.29) is 24.3 Å². The molecule has 3 nitrogen and oxygen atoms in total. The van der Waals surface area contributed by atoms with Gasteiger partial charge in [-0.15, -0.1) is 0 Å². The van der Waals surface area contributed by atoms with Crippen molar-refractivity contribution < 1.29 is 9.53 Å². The highest BCUT2D eigenvalue weighted by Gasteiger charge is 2.42. The number of nitrogens with zero attached hydrogens (tertiary/aromatic N) is 1. The van der Waals surface area contributed by atoms with Crippen LogP contribution in [0.4, 0.5) is 4.79 Å². The molecule has 2 aromatic carbocycles. The topological polar surface area (TPSA) is 29.5 Å². The molecule has 0 spiro atoms. The molecule has 0 saturated carbocycles. The Hall–Kier alpha value is -2.29. The Morgan fingerprint density at radius 2 is 1.57 bits per heavy atom. The summed E-state index contributed by atoms with van der Waals surface area (Å²) in [4.78, 5) is 14.1. The van der Waals surface area contributed by atoms with E-state index in [1.807, 2.05) is 79.4 Å². The summed E-state index contributed by atoms with van der Waals surface area (Å²) in [5, 5.41) is 0. The molecule has 1 amide bonds. The third-order valence-corrected chi connectivity index (χ3v) is 4.14. The maximum absolute atomic E-state index is 12.3. The molecule has 1 fully saturated rings. The average molecular weight is 281 g/mol. The van der Waals surface area contributed by atoms with E-state index in [0.717, 1.165) is 11.1 Å². The molecule has 3 heteroatoms. The summed E-state index contributed by atoms with van der Waals surface area (Å²) in [6, 6.07) is 20.0. The van der Waals surface area contributed by atoms with E-state index in [2.05, 4.69) is 0 Å². The maximum Gasteiger partial charge on any atom is 0.411 e. The van der Waals surface area contributed by atoms with Crippen LogP contribution in [0.2, 0.25) is 0 Å². The second-order valence-corrected chi connectivity index (χ2v) is 5.45. The number of hydrogen-bond acceptors (Lipinski definition) is 2. The fourth-order valence-corrected chi connectivity index (χ4v) is 2.97. The first-order valence-electron chi connectivity index (χ1n) is 7.27. The average Bonchev–Trinajstić information content (AvgIpc) is 2.83. The van der Waals surface area contributed by atoms with Crippen LogP contribution in [-0.2, 0) is 4.74 Å². The van der Waals surface area contributed by atoms with Crippen molar-refractivity contribution in [2.75, 3.05) is 0 Å². The Morgan fingerprint density at radius 1 is 1.00 bits per heavy atom. The van der Waals surface area contributed by atoms with Gasteiger partial charge < -0.3 is 4.74 Å². The summed E-state index contributed by atoms with van der Waals surface area (Å²) in [7, 11) is 0. The molecule has 1 heterocycles. The van der Waals surface area contributed by atoms with Gasteiger partial charge in [-0.05, 0) is 25.0 Å². The fraction of sp³-hybridized carbons (Fsp3) is 0.278. The van der Waals surface area contributed by atoms with Gasteiger partial charge in [-0.2, -0.15) is 0 Å². The van der Waals surface area contributed by atoms with Crippen molar-refractivity contribution in [1.82, 2.24) is 4.90 Å². The minimum Gasteiger partial charge on any atom is -0.439 e. The van der Waals surface area contributed by atoms with E-state index in [1.165, 1.54) is 0 Å². The molecule has 21 heavy (non-hydrogen) atoms. The number of amides is 1. The second-order valence-electron chi connectivity index (χ2n) is 5.45. The zero-order chi connectivity index (χ0) is 14.8. The van der Waals surface area contributed by atoms with Crippen LogP contribution in [0, 0.1) is 0 Å². The molecule has 0 radical (unpaired) electrons. The van der Waals surface area contributed by atoms with E-state index in [9.17, 15) is 4.79 Å². The molecule has 0 aromatic heterocycles. The molecule has 0 N–H and O–H groups in total. The quantitative estimate of drug-likeness (QED) is 0.838. The molecule has 1 aliphatic rings. The summed E-state index contributed by atoms with van der Waals surface area (Å²) in [5.41, 5.74) is 2.16. The van der Waals surface area contributed by atoms with Gasteiger partial charge in [-0.3, -0.25) is 4.90 Å². The summed E-state index contributed by atoms with van der Waals surface area (Å²) < 4.78 is 5.60. The molecular formula is C18H19NO2. The molecule has 0 aliphatic carbocycles. The Bertz CT molecular complexity index is 612. The Labute approximate surface area is 125 Å². The van der Waals surface area contributed by atoms with Gasteiger partial charge in [0, 0.05) is 0 Å². The molecule has 3 unspecified atom stereocenters. The number of carbonyl (C=O) groups excluding carboxylic acids is 1. The number of benzene rings is 2. The summed E-state index contributed by atoms with van der Waals surface area (Å²) in [5.74, 6) is 0. The van der Waals surface area contributed by atoms with Crippen molar-refractivity contribution in [2.24, 2.45) is 0 Å². The largest absolute Gasteiger partial charge is 0.439 e. The molecule has 108 valence electrons. The minimum atomic E-state index is -0.243. The van der Waals surface area contributed by atoms with Gasteiger partial charge in [0.25, 0.3) is 0 Å². The van der Waals surface area contributed by atoms with Crippen molar-refractivity contribution in [3.63, 3.8) is 0 Å². The summed E-state index contributed by atoms with van der Waals surface area (Å²) in [6.45, 7) is 4.09. The Morgan fingerprint density at radius 3 is 2.19 bits per heavy atom. The predicted molar refractivity (Wildman–Crippen MR) is 81.8 cm³/mol. The van der Waals surface area contributed by atoms with Crippen LogP contribution in [0.3, 0.4) is 0 Å². The molecule has 2 aromatic rings. The minimum absolute atomic E-state index is 0.00223. The van der Waals surface area contributed by atoms with E-state index in [4.69, 9.17) is 4.74 Å². The molecular weight excluding hydrogens is 262 g/mol. The zero-order valence-corrected chi connectivity index (χ0v) is 12.3. The molecule has 3 atom stereocenters. The van der Waals surface area contributed by atoms with Crippen LogP contribution in [0.1, 0.15) is 37.1 Å². The molecule has 1 aliphatic heterocycles. The second kappa shape index (κ2) is 5.60. The van der Waals surface area contributed by atoms with Gasteiger partial charge in [0.05, 0.1) is 12.1 Å². The number of cyclic esters (lactones) is 1. The highest BCUT2D eigenvalue weighted by atomic mass is 16.6. The predicted octanol–water partition coefficient (Wildman–Crippen LogP) is 4.33. The third-order valence-electron chi connectivity index (χ3n) is 4.14. The van der Waals surface area contributed by atoms with Gasteiger partial charge >= 0.3 is 6.09 Å². The number of carbonyl (C=O) groups is 1. The number of hydrogen-bond donors (Lipinski definition) is 0. The maximum atomic E-state index is 12.3. The van der Waals surface area contributed by atoms with Crippen LogP contribution in [0.25, 0.3) is 0 Å². The standard InChI is InChI=1S/C18H19NO2/c1-13(15-9-5-3-6-10-15)19-14(2)17(21-18(19)20)16-11-7-4-8-12-16/h3-14,17H,1-2H3. The first kappa shape index (κ1) is 13.7. The van der Waals surface area contributed by atoms with E-state index in [0.29, 0.717) is 0 Å². The third kappa shape index (κ3) is 2.51. The van der Waals surface area contributed by atoms with Crippen LogP contribution in [-0.4, -0.2) is 17.0 Å². The van der Waals surface area contributed by atoms with E-state index < -0.39 is 0 Å². The zero-order valence-electron chi connectivity index (χ0n) is 12.3. The van der Waals surface area contributed by atoms with Crippen molar-refractivity contribution in [1.29, 1.82) is 0 Å². The van der Waals surface area contributed by atoms with Crippen LogP contribution < -0.4 is 0 Å². The normalized spacial score (nSPS) is 23.0. The van der Waals surface area contributed by atoms with Gasteiger partial charge in [0.2, 0.25) is 0 Å². The van der Waals surface area contributed by atoms with Crippen molar-refractivity contribution in [3.05, 3.63) is 71.8 Å². The van der Waals surface area contributed by atoms with Crippen LogP contribution >= 0.6 is 0 Å². The lowest BCUT2D eigenvalue weighted by atomic mass is 10.0. The van der Waals surface area contributed by atoms with E-state index in [1.54, 1.807) is 0 Å². The van der Waals surface area contributed by atoms with Gasteiger partial charge in [0.1, 0.15) is 6.10 Å². The van der Waals surface area contributed by atoms with E-state index >= 15 is 0 Å². The highest BCUT2D eigenvalue weighted by molar-refractivity contribution is 5.71. The SMILES string of the molecule is CC(c1ccccc1)N1C(=O)OC(c2ccccc2)C1C. The monoisotopic (exact) mass is 281 g/mol. The van der Waals surface area contributed by atoms with Crippen molar-refractivity contribution >= 4 is 6.09 Å². The fourth-order valence-electron chi connectivity index (χ4n) is 2.97. The van der Waals surface area contributed by atoms with Gasteiger partial charge in [-0.25, -0.2) is 4.79 Å². The first-order chi connectivity index (χ1) is 10.2. The number of rotatable bonds is 3. The molecule has 0 bridgehead atoms.